The van der Waals surface area contributed by atoms with Crippen molar-refractivity contribution in [2.75, 3.05) is 25.1 Å². The summed E-state index contributed by atoms with van der Waals surface area (Å²) in [5, 5.41) is 2.74. The number of anilines is 1. The summed E-state index contributed by atoms with van der Waals surface area (Å²) in [5.74, 6) is 0.582. The number of hydrogen-bond donors (Lipinski definition) is 1. The summed E-state index contributed by atoms with van der Waals surface area (Å²) in [7, 11) is 0. The molecule has 0 bridgehead atoms. The van der Waals surface area contributed by atoms with Gasteiger partial charge in [0.15, 0.2) is 0 Å². The second-order valence-electron chi connectivity index (χ2n) is 6.29. The molecule has 0 radical (unpaired) electrons. The van der Waals surface area contributed by atoms with E-state index in [2.05, 4.69) is 10.3 Å². The minimum atomic E-state index is -0.378. The number of halogens is 1. The Morgan fingerprint density at radius 1 is 1.03 bits per heavy atom. The Hall–Kier alpha value is -3.45. The lowest BCUT2D eigenvalue weighted by molar-refractivity contribution is 0.0997. The van der Waals surface area contributed by atoms with Gasteiger partial charge in [0, 0.05) is 12.8 Å². The van der Waals surface area contributed by atoms with Crippen LogP contribution in [0.3, 0.4) is 0 Å². The van der Waals surface area contributed by atoms with Crippen molar-refractivity contribution in [2.45, 2.75) is 13.5 Å². The summed E-state index contributed by atoms with van der Waals surface area (Å²) >= 11 is 0. The molecule has 30 heavy (non-hydrogen) atoms. The molecule has 1 N–H and O–H groups in total. The molecule has 0 unspecified atom stereocenters. The van der Waals surface area contributed by atoms with Crippen LogP contribution in [0.5, 0.6) is 11.5 Å². The number of nitrogens with one attached hydrogen (secondary N) is 1. The molecule has 1 aromatic heterocycles. The fourth-order valence-electron chi connectivity index (χ4n) is 2.67. The van der Waals surface area contributed by atoms with Crippen molar-refractivity contribution < 1.29 is 23.4 Å². The third-order valence-corrected chi connectivity index (χ3v) is 4.09. The normalized spacial score (nSPS) is 10.5. The molecule has 0 aliphatic heterocycles. The lowest BCUT2D eigenvalue weighted by Crippen LogP contribution is -2.16. The monoisotopic (exact) mass is 410 g/mol. The zero-order valence-corrected chi connectivity index (χ0v) is 16.6. The van der Waals surface area contributed by atoms with E-state index in [0.717, 1.165) is 0 Å². The number of hydrogen-bond acceptors (Lipinski definition) is 5. The number of rotatable bonds is 10. The molecule has 0 spiro atoms. The molecule has 0 fully saturated rings. The SMILES string of the molecule is CCOCCOc1ccc(OCc2cccc(F)c2)cc1C(=O)Nc1ccccn1. The van der Waals surface area contributed by atoms with E-state index in [0.29, 0.717) is 48.3 Å². The van der Waals surface area contributed by atoms with Crippen LogP contribution in [0.4, 0.5) is 10.2 Å². The van der Waals surface area contributed by atoms with Crippen molar-refractivity contribution in [3.8, 4) is 11.5 Å². The molecule has 2 aromatic carbocycles. The van der Waals surface area contributed by atoms with E-state index in [1.165, 1.54) is 12.1 Å². The zero-order chi connectivity index (χ0) is 21.2. The van der Waals surface area contributed by atoms with Crippen LogP contribution in [-0.4, -0.2) is 30.7 Å². The van der Waals surface area contributed by atoms with E-state index < -0.39 is 0 Å². The van der Waals surface area contributed by atoms with Crippen LogP contribution in [0, 0.1) is 5.82 Å². The van der Waals surface area contributed by atoms with Crippen molar-refractivity contribution in [1.29, 1.82) is 0 Å². The van der Waals surface area contributed by atoms with Gasteiger partial charge in [0.2, 0.25) is 0 Å². The second kappa shape index (κ2) is 10.9. The van der Waals surface area contributed by atoms with E-state index >= 15 is 0 Å². The van der Waals surface area contributed by atoms with Crippen LogP contribution in [0.1, 0.15) is 22.8 Å². The van der Waals surface area contributed by atoms with Crippen molar-refractivity contribution >= 4 is 11.7 Å². The topological polar surface area (TPSA) is 69.7 Å². The van der Waals surface area contributed by atoms with Gasteiger partial charge in [-0.1, -0.05) is 18.2 Å². The van der Waals surface area contributed by atoms with Crippen LogP contribution in [-0.2, 0) is 11.3 Å². The largest absolute Gasteiger partial charge is 0.490 e. The molecule has 0 aliphatic carbocycles. The second-order valence-corrected chi connectivity index (χ2v) is 6.29. The first-order chi connectivity index (χ1) is 14.7. The van der Waals surface area contributed by atoms with Crippen molar-refractivity contribution in [3.05, 3.63) is 83.8 Å². The predicted octanol–water partition coefficient (Wildman–Crippen LogP) is 4.47. The minimum absolute atomic E-state index is 0.170. The van der Waals surface area contributed by atoms with Crippen LogP contribution < -0.4 is 14.8 Å². The standard InChI is InChI=1S/C23H23FN2O4/c1-2-28-12-13-29-21-10-9-19(30-16-17-6-5-7-18(24)14-17)15-20(21)23(27)26-22-8-3-4-11-25-22/h3-11,14-15H,2,12-13,16H2,1H3,(H,25,26,27). The van der Waals surface area contributed by atoms with Gasteiger partial charge in [-0.3, -0.25) is 4.79 Å². The molecule has 1 amide bonds. The smallest absolute Gasteiger partial charge is 0.260 e. The Bertz CT molecular complexity index is 966. The number of carbonyl (C=O) groups excluding carboxylic acids is 1. The number of pyridine rings is 1. The number of carbonyl (C=O) groups is 1. The first kappa shape index (κ1) is 21.3. The van der Waals surface area contributed by atoms with Crippen molar-refractivity contribution in [2.24, 2.45) is 0 Å². The number of ether oxygens (including phenoxy) is 3. The van der Waals surface area contributed by atoms with Gasteiger partial charge in [0.25, 0.3) is 5.91 Å². The predicted molar refractivity (Wildman–Crippen MR) is 111 cm³/mol. The fraction of sp³-hybridized carbons (Fsp3) is 0.217. The third kappa shape index (κ3) is 6.28. The Balaban J connectivity index is 1.76. The van der Waals surface area contributed by atoms with E-state index in [1.807, 2.05) is 6.92 Å². The molecule has 3 rings (SSSR count). The van der Waals surface area contributed by atoms with Gasteiger partial charge in [0.05, 0.1) is 12.2 Å². The van der Waals surface area contributed by atoms with Crippen molar-refractivity contribution in [1.82, 2.24) is 4.98 Å². The molecule has 0 atom stereocenters. The zero-order valence-electron chi connectivity index (χ0n) is 16.6. The molecule has 0 aliphatic rings. The number of nitrogens with zero attached hydrogens (tertiary/aromatic N) is 1. The molecule has 156 valence electrons. The summed E-state index contributed by atoms with van der Waals surface area (Å²) in [5.41, 5.74) is 0.987. The summed E-state index contributed by atoms with van der Waals surface area (Å²) in [6, 6.07) is 16.4. The molecule has 7 heteroatoms. The Morgan fingerprint density at radius 3 is 2.70 bits per heavy atom. The van der Waals surface area contributed by atoms with Crippen LogP contribution in [0.15, 0.2) is 66.9 Å². The van der Waals surface area contributed by atoms with Gasteiger partial charge >= 0.3 is 0 Å². The van der Waals surface area contributed by atoms with E-state index in [1.54, 1.807) is 54.7 Å². The lowest BCUT2D eigenvalue weighted by atomic mass is 10.1. The van der Waals surface area contributed by atoms with Gasteiger partial charge in [0.1, 0.15) is 36.3 Å². The van der Waals surface area contributed by atoms with Gasteiger partial charge in [-0.05, 0) is 55.0 Å². The highest BCUT2D eigenvalue weighted by Gasteiger charge is 2.15. The molecule has 6 nitrogen and oxygen atoms in total. The maximum absolute atomic E-state index is 13.4. The van der Waals surface area contributed by atoms with Gasteiger partial charge in [-0.15, -0.1) is 0 Å². The fourth-order valence-corrected chi connectivity index (χ4v) is 2.67. The molecule has 1 heterocycles. The summed E-state index contributed by atoms with van der Waals surface area (Å²) < 4.78 is 30.1. The van der Waals surface area contributed by atoms with E-state index in [4.69, 9.17) is 14.2 Å². The summed E-state index contributed by atoms with van der Waals surface area (Å²) in [6.07, 6.45) is 1.59. The molecule has 0 saturated heterocycles. The van der Waals surface area contributed by atoms with Crippen LogP contribution in [0.25, 0.3) is 0 Å². The third-order valence-electron chi connectivity index (χ3n) is 4.09. The number of aromatic nitrogens is 1. The van der Waals surface area contributed by atoms with E-state index in [-0.39, 0.29) is 18.3 Å². The maximum Gasteiger partial charge on any atom is 0.260 e. The van der Waals surface area contributed by atoms with Crippen LogP contribution in [0.2, 0.25) is 0 Å². The minimum Gasteiger partial charge on any atom is -0.490 e. The summed E-state index contributed by atoms with van der Waals surface area (Å²) in [4.78, 5) is 16.9. The van der Waals surface area contributed by atoms with Crippen molar-refractivity contribution in [3.63, 3.8) is 0 Å². The molecule has 0 saturated carbocycles. The molecular formula is C23H23FN2O4. The van der Waals surface area contributed by atoms with E-state index in [9.17, 15) is 9.18 Å². The lowest BCUT2D eigenvalue weighted by Gasteiger charge is -2.14. The highest BCUT2D eigenvalue weighted by atomic mass is 19.1. The quantitative estimate of drug-likeness (QED) is 0.500. The molecule has 3 aromatic rings. The van der Waals surface area contributed by atoms with Gasteiger partial charge < -0.3 is 19.5 Å². The van der Waals surface area contributed by atoms with Crippen LogP contribution >= 0.6 is 0 Å². The summed E-state index contributed by atoms with van der Waals surface area (Å²) in [6.45, 7) is 3.38. The first-order valence-corrected chi connectivity index (χ1v) is 9.60. The Morgan fingerprint density at radius 2 is 1.93 bits per heavy atom. The first-order valence-electron chi connectivity index (χ1n) is 9.60. The maximum atomic E-state index is 13.4. The highest BCUT2D eigenvalue weighted by molar-refractivity contribution is 6.06. The van der Waals surface area contributed by atoms with Gasteiger partial charge in [-0.2, -0.15) is 0 Å². The molecular weight excluding hydrogens is 387 g/mol. The number of amides is 1. The average Bonchev–Trinajstić information content (AvgIpc) is 2.76. The Kier molecular flexibility index (Phi) is 7.74. The van der Waals surface area contributed by atoms with Gasteiger partial charge in [-0.25, -0.2) is 9.37 Å². The average molecular weight is 410 g/mol. The number of benzene rings is 2. The highest BCUT2D eigenvalue weighted by Crippen LogP contribution is 2.26. The Labute approximate surface area is 174 Å².